The smallest absolute Gasteiger partial charge is 0.329 e. The number of hydrogen-bond acceptors (Lipinski definition) is 7. The minimum Gasteiger partial charge on any atom is -0.466 e. The van der Waals surface area contributed by atoms with Crippen LogP contribution >= 0.6 is 0 Å². The number of benzene rings is 1. The molecule has 0 aliphatic carbocycles. The molecule has 2 atom stereocenters. The monoisotopic (exact) mass is 393 g/mol. The molecule has 1 aromatic carbocycles. The number of nitrogens with two attached hydrogens (primary N) is 1. The van der Waals surface area contributed by atoms with Gasteiger partial charge >= 0.3 is 11.9 Å². The van der Waals surface area contributed by atoms with Crippen molar-refractivity contribution in [1.82, 2.24) is 10.6 Å². The minimum atomic E-state index is -1.22. The Hall–Kier alpha value is -2.94. The summed E-state index contributed by atoms with van der Waals surface area (Å²) in [6.45, 7) is 3.19. The third kappa shape index (κ3) is 8.17. The molecule has 0 radical (unpaired) electrons. The van der Waals surface area contributed by atoms with E-state index in [0.29, 0.717) is 0 Å². The normalized spacial score (nSPS) is 12.4. The summed E-state index contributed by atoms with van der Waals surface area (Å²) in [4.78, 5) is 48.3. The molecule has 0 saturated heterocycles. The van der Waals surface area contributed by atoms with Crippen LogP contribution in [0.1, 0.15) is 25.8 Å². The highest BCUT2D eigenvalue weighted by atomic mass is 16.5. The molecule has 0 aromatic heterocycles. The van der Waals surface area contributed by atoms with Crippen molar-refractivity contribution in [2.75, 3.05) is 19.8 Å². The highest BCUT2D eigenvalue weighted by Crippen LogP contribution is 2.06. The van der Waals surface area contributed by atoms with E-state index in [4.69, 9.17) is 15.2 Å². The fourth-order valence-corrected chi connectivity index (χ4v) is 2.41. The molecule has 0 aliphatic rings. The highest BCUT2D eigenvalue weighted by molar-refractivity contribution is 5.92. The SMILES string of the molecule is CCOC(=O)C[C@H](NC(=O)[C@H](Cc1ccccc1)NC(=O)CN)C(=O)OCC. The van der Waals surface area contributed by atoms with Crippen LogP contribution < -0.4 is 16.4 Å². The second-order valence-corrected chi connectivity index (χ2v) is 5.84. The van der Waals surface area contributed by atoms with E-state index < -0.39 is 35.8 Å². The predicted molar refractivity (Wildman–Crippen MR) is 101 cm³/mol. The second-order valence-electron chi connectivity index (χ2n) is 5.84. The highest BCUT2D eigenvalue weighted by Gasteiger charge is 2.29. The summed E-state index contributed by atoms with van der Waals surface area (Å²) in [5, 5.41) is 5.00. The Morgan fingerprint density at radius 1 is 0.964 bits per heavy atom. The van der Waals surface area contributed by atoms with Crippen molar-refractivity contribution >= 4 is 23.8 Å². The number of amides is 2. The maximum Gasteiger partial charge on any atom is 0.329 e. The molecule has 0 spiro atoms. The number of carbonyl (C=O) groups excluding carboxylic acids is 4. The number of rotatable bonds is 11. The van der Waals surface area contributed by atoms with Gasteiger partial charge in [0.1, 0.15) is 12.1 Å². The van der Waals surface area contributed by atoms with Gasteiger partial charge in [-0.2, -0.15) is 0 Å². The summed E-state index contributed by atoms with van der Waals surface area (Å²) in [6.07, 6.45) is -0.186. The molecule has 0 heterocycles. The molecule has 28 heavy (non-hydrogen) atoms. The zero-order valence-electron chi connectivity index (χ0n) is 16.1. The van der Waals surface area contributed by atoms with Gasteiger partial charge in [0, 0.05) is 6.42 Å². The second kappa shape index (κ2) is 12.4. The maximum atomic E-state index is 12.7. The molecule has 9 heteroatoms. The fourth-order valence-electron chi connectivity index (χ4n) is 2.41. The van der Waals surface area contributed by atoms with Gasteiger partial charge in [0.05, 0.1) is 26.2 Å². The van der Waals surface area contributed by atoms with Gasteiger partial charge in [-0.1, -0.05) is 30.3 Å². The van der Waals surface area contributed by atoms with Gasteiger partial charge in [-0.15, -0.1) is 0 Å². The summed E-state index contributed by atoms with van der Waals surface area (Å²) in [5.41, 5.74) is 6.13. The zero-order valence-corrected chi connectivity index (χ0v) is 16.1. The third-order valence-corrected chi connectivity index (χ3v) is 3.68. The van der Waals surface area contributed by atoms with Crippen LogP contribution in [-0.2, 0) is 35.1 Å². The quantitative estimate of drug-likeness (QED) is 0.438. The molecule has 9 nitrogen and oxygen atoms in total. The third-order valence-electron chi connectivity index (χ3n) is 3.68. The zero-order chi connectivity index (χ0) is 20.9. The minimum absolute atomic E-state index is 0.0887. The van der Waals surface area contributed by atoms with Crippen LogP contribution in [-0.4, -0.2) is 55.6 Å². The van der Waals surface area contributed by atoms with Crippen molar-refractivity contribution in [3.8, 4) is 0 Å². The van der Waals surface area contributed by atoms with E-state index in [1.807, 2.05) is 6.07 Å². The van der Waals surface area contributed by atoms with Crippen LogP contribution in [0.5, 0.6) is 0 Å². The summed E-state index contributed by atoms with van der Waals surface area (Å²) in [5.74, 6) is -2.55. The van der Waals surface area contributed by atoms with E-state index in [1.54, 1.807) is 38.1 Å². The molecule has 0 fully saturated rings. The number of nitrogens with one attached hydrogen (secondary N) is 2. The molecule has 1 rings (SSSR count). The topological polar surface area (TPSA) is 137 Å². The van der Waals surface area contributed by atoms with Gasteiger partial charge in [-0.3, -0.25) is 14.4 Å². The first kappa shape index (κ1) is 23.1. The van der Waals surface area contributed by atoms with Crippen LogP contribution in [0.25, 0.3) is 0 Å². The van der Waals surface area contributed by atoms with Crippen LogP contribution in [0.3, 0.4) is 0 Å². The standard InChI is InChI=1S/C19H27N3O6/c1-3-27-17(24)11-15(19(26)28-4-2)22-18(25)14(21-16(23)12-20)10-13-8-6-5-7-9-13/h5-9,14-15H,3-4,10-12,20H2,1-2H3,(H,21,23)(H,22,25)/t14-,15-/m0/s1. The lowest BCUT2D eigenvalue weighted by Crippen LogP contribution is -2.54. The molecule has 0 unspecified atom stereocenters. The lowest BCUT2D eigenvalue weighted by Gasteiger charge is -2.22. The number of ether oxygens (including phenoxy) is 2. The largest absolute Gasteiger partial charge is 0.466 e. The van der Waals surface area contributed by atoms with Gasteiger partial charge in [0.2, 0.25) is 11.8 Å². The summed E-state index contributed by atoms with van der Waals surface area (Å²) < 4.78 is 9.75. The van der Waals surface area contributed by atoms with E-state index >= 15 is 0 Å². The first-order chi connectivity index (χ1) is 13.4. The molecule has 2 amide bonds. The molecular weight excluding hydrogens is 366 g/mol. The fraction of sp³-hybridized carbons (Fsp3) is 0.474. The van der Waals surface area contributed by atoms with Crippen LogP contribution in [0.15, 0.2) is 30.3 Å². The molecule has 0 bridgehead atoms. The average Bonchev–Trinajstić information content (AvgIpc) is 2.67. The Bertz CT molecular complexity index is 665. The molecule has 154 valence electrons. The lowest BCUT2D eigenvalue weighted by molar-refractivity contribution is -0.153. The maximum absolute atomic E-state index is 12.7. The average molecular weight is 393 g/mol. The summed E-state index contributed by atoms with van der Waals surface area (Å²) in [7, 11) is 0. The van der Waals surface area contributed by atoms with Crippen molar-refractivity contribution < 1.29 is 28.7 Å². The van der Waals surface area contributed by atoms with Gasteiger partial charge in [-0.25, -0.2) is 4.79 Å². The Kier molecular flexibility index (Phi) is 10.3. The molecule has 0 saturated carbocycles. The summed E-state index contributed by atoms with van der Waals surface area (Å²) in [6, 6.07) is 6.84. The number of carbonyl (C=O) groups is 4. The molecule has 4 N–H and O–H groups in total. The van der Waals surface area contributed by atoms with Crippen LogP contribution in [0.2, 0.25) is 0 Å². The summed E-state index contributed by atoms with van der Waals surface area (Å²) >= 11 is 0. The lowest BCUT2D eigenvalue weighted by atomic mass is 10.0. The molecular formula is C19H27N3O6. The van der Waals surface area contributed by atoms with Gasteiger partial charge < -0.3 is 25.8 Å². The number of hydrogen-bond donors (Lipinski definition) is 3. The van der Waals surface area contributed by atoms with E-state index in [0.717, 1.165) is 5.56 Å². The Balaban J connectivity index is 2.93. The van der Waals surface area contributed by atoms with Crippen molar-refractivity contribution in [3.05, 3.63) is 35.9 Å². The van der Waals surface area contributed by atoms with Crippen molar-refractivity contribution in [3.63, 3.8) is 0 Å². The van der Waals surface area contributed by atoms with Crippen LogP contribution in [0, 0.1) is 0 Å². The predicted octanol–water partition coefficient (Wildman–Crippen LogP) is -0.326. The molecule has 1 aromatic rings. The van der Waals surface area contributed by atoms with E-state index in [1.165, 1.54) is 0 Å². The molecule has 0 aliphatic heterocycles. The van der Waals surface area contributed by atoms with Gasteiger partial charge in [0.15, 0.2) is 0 Å². The van der Waals surface area contributed by atoms with E-state index in [-0.39, 0.29) is 32.6 Å². The van der Waals surface area contributed by atoms with E-state index in [9.17, 15) is 19.2 Å². The van der Waals surface area contributed by atoms with E-state index in [2.05, 4.69) is 10.6 Å². The van der Waals surface area contributed by atoms with Crippen LogP contribution in [0.4, 0.5) is 0 Å². The van der Waals surface area contributed by atoms with Crippen molar-refractivity contribution in [2.24, 2.45) is 5.73 Å². The Morgan fingerprint density at radius 3 is 2.18 bits per heavy atom. The first-order valence-corrected chi connectivity index (χ1v) is 9.07. The van der Waals surface area contributed by atoms with Gasteiger partial charge in [0.25, 0.3) is 0 Å². The van der Waals surface area contributed by atoms with Gasteiger partial charge in [-0.05, 0) is 19.4 Å². The van der Waals surface area contributed by atoms with Crippen molar-refractivity contribution in [1.29, 1.82) is 0 Å². The first-order valence-electron chi connectivity index (χ1n) is 9.07. The Labute approximate surface area is 163 Å². The number of esters is 2. The van der Waals surface area contributed by atoms with Crippen molar-refractivity contribution in [2.45, 2.75) is 38.8 Å². The Morgan fingerprint density at radius 2 is 1.61 bits per heavy atom.